The van der Waals surface area contributed by atoms with Crippen LogP contribution in [0.5, 0.6) is 11.5 Å². The molecule has 0 aliphatic heterocycles. The fraction of sp³-hybridized carbons (Fsp3) is 0.172. The monoisotopic (exact) mass is 484 g/mol. The lowest BCUT2D eigenvalue weighted by atomic mass is 10.0. The van der Waals surface area contributed by atoms with Gasteiger partial charge in [0.25, 0.3) is 5.91 Å². The fourth-order valence-corrected chi connectivity index (χ4v) is 3.79. The number of benzene rings is 3. The van der Waals surface area contributed by atoms with E-state index in [4.69, 9.17) is 13.9 Å². The van der Waals surface area contributed by atoms with Crippen LogP contribution in [0.1, 0.15) is 22.9 Å². The third-order valence-corrected chi connectivity index (χ3v) is 5.63. The number of methoxy groups -OCH3 is 1. The SMILES string of the molecule is COc1ccc(CN(C(=O)COc2ccccc2)C(C(=O)NCc2ccco2)c2ccccc2)cc1. The van der Waals surface area contributed by atoms with Crippen molar-refractivity contribution in [1.82, 2.24) is 10.2 Å². The van der Waals surface area contributed by atoms with Crippen molar-refractivity contribution in [2.75, 3.05) is 13.7 Å². The molecule has 4 rings (SSSR count). The van der Waals surface area contributed by atoms with Crippen LogP contribution in [-0.4, -0.2) is 30.4 Å². The van der Waals surface area contributed by atoms with E-state index in [1.807, 2.05) is 72.8 Å². The Morgan fingerprint density at radius 3 is 2.19 bits per heavy atom. The van der Waals surface area contributed by atoms with Gasteiger partial charge in [0.1, 0.15) is 23.3 Å². The van der Waals surface area contributed by atoms with Gasteiger partial charge < -0.3 is 24.1 Å². The molecular weight excluding hydrogens is 456 g/mol. The van der Waals surface area contributed by atoms with Gasteiger partial charge in [0.05, 0.1) is 19.9 Å². The molecule has 184 valence electrons. The second-order valence-electron chi connectivity index (χ2n) is 8.08. The van der Waals surface area contributed by atoms with Crippen LogP contribution in [-0.2, 0) is 22.7 Å². The van der Waals surface area contributed by atoms with E-state index in [2.05, 4.69) is 5.32 Å². The molecule has 1 heterocycles. The Morgan fingerprint density at radius 1 is 0.861 bits per heavy atom. The molecule has 0 bridgehead atoms. The summed E-state index contributed by atoms with van der Waals surface area (Å²) < 4.78 is 16.4. The lowest BCUT2D eigenvalue weighted by Crippen LogP contribution is -2.45. The standard InChI is InChI=1S/C29H28N2O5/c1-34-24-16-14-22(15-17-24)20-31(27(32)21-36-25-11-6-3-7-12-25)28(23-9-4-2-5-10-23)29(33)30-19-26-13-8-18-35-26/h2-18,28H,19-21H2,1H3,(H,30,33). The second kappa shape index (κ2) is 12.3. The molecule has 0 fully saturated rings. The molecule has 3 aromatic carbocycles. The summed E-state index contributed by atoms with van der Waals surface area (Å²) in [5.41, 5.74) is 1.54. The molecule has 2 amide bonds. The number of nitrogens with zero attached hydrogens (tertiary/aromatic N) is 1. The summed E-state index contributed by atoms with van der Waals surface area (Å²) in [5, 5.41) is 2.91. The molecule has 0 saturated carbocycles. The summed E-state index contributed by atoms with van der Waals surface area (Å²) in [5.74, 6) is 1.26. The van der Waals surface area contributed by atoms with Crippen LogP contribution in [0.15, 0.2) is 108 Å². The van der Waals surface area contributed by atoms with Gasteiger partial charge in [0.15, 0.2) is 6.61 Å². The normalized spacial score (nSPS) is 11.4. The largest absolute Gasteiger partial charge is 0.497 e. The highest BCUT2D eigenvalue weighted by Crippen LogP contribution is 2.25. The summed E-state index contributed by atoms with van der Waals surface area (Å²) in [7, 11) is 1.60. The Morgan fingerprint density at radius 2 is 1.56 bits per heavy atom. The minimum absolute atomic E-state index is 0.203. The maximum atomic E-state index is 13.6. The van der Waals surface area contributed by atoms with Gasteiger partial charge >= 0.3 is 0 Å². The van der Waals surface area contributed by atoms with Crippen molar-refractivity contribution in [3.8, 4) is 11.5 Å². The molecule has 0 radical (unpaired) electrons. The van der Waals surface area contributed by atoms with Crippen LogP contribution in [0.25, 0.3) is 0 Å². The number of nitrogens with one attached hydrogen (secondary N) is 1. The third-order valence-electron chi connectivity index (χ3n) is 5.63. The number of furan rings is 1. The number of para-hydroxylation sites is 1. The zero-order valence-corrected chi connectivity index (χ0v) is 20.0. The van der Waals surface area contributed by atoms with E-state index in [-0.39, 0.29) is 31.5 Å². The molecule has 7 heteroatoms. The van der Waals surface area contributed by atoms with E-state index >= 15 is 0 Å². The van der Waals surface area contributed by atoms with Crippen molar-refractivity contribution in [2.24, 2.45) is 0 Å². The van der Waals surface area contributed by atoms with Gasteiger partial charge in [0, 0.05) is 6.54 Å². The van der Waals surface area contributed by atoms with Crippen LogP contribution in [0, 0.1) is 0 Å². The number of rotatable bonds is 11. The molecule has 36 heavy (non-hydrogen) atoms. The summed E-state index contributed by atoms with van der Waals surface area (Å²) in [6.45, 7) is 0.198. The first-order valence-corrected chi connectivity index (χ1v) is 11.6. The van der Waals surface area contributed by atoms with E-state index in [0.29, 0.717) is 22.8 Å². The molecule has 0 spiro atoms. The zero-order valence-electron chi connectivity index (χ0n) is 20.0. The van der Waals surface area contributed by atoms with Gasteiger partial charge in [-0.25, -0.2) is 0 Å². The molecule has 1 atom stereocenters. The lowest BCUT2D eigenvalue weighted by molar-refractivity contribution is -0.143. The van der Waals surface area contributed by atoms with Crippen molar-refractivity contribution in [2.45, 2.75) is 19.1 Å². The summed E-state index contributed by atoms with van der Waals surface area (Å²) in [4.78, 5) is 28.7. The smallest absolute Gasteiger partial charge is 0.261 e. The summed E-state index contributed by atoms with van der Waals surface area (Å²) in [6.07, 6.45) is 1.55. The summed E-state index contributed by atoms with van der Waals surface area (Å²) in [6, 6.07) is 28.4. The van der Waals surface area contributed by atoms with Crippen LogP contribution in [0.3, 0.4) is 0 Å². The molecule has 0 aliphatic rings. The predicted molar refractivity (Wildman–Crippen MR) is 135 cm³/mol. The molecule has 1 unspecified atom stereocenters. The van der Waals surface area contributed by atoms with E-state index in [1.54, 1.807) is 37.6 Å². The van der Waals surface area contributed by atoms with Crippen molar-refractivity contribution in [3.05, 3.63) is 120 Å². The van der Waals surface area contributed by atoms with Gasteiger partial charge in [-0.3, -0.25) is 9.59 Å². The first-order chi connectivity index (χ1) is 17.6. The van der Waals surface area contributed by atoms with Crippen molar-refractivity contribution >= 4 is 11.8 Å². The third kappa shape index (κ3) is 6.54. The fourth-order valence-electron chi connectivity index (χ4n) is 3.79. The molecule has 4 aromatic rings. The zero-order chi connectivity index (χ0) is 25.2. The first-order valence-electron chi connectivity index (χ1n) is 11.6. The maximum absolute atomic E-state index is 13.6. The quantitative estimate of drug-likeness (QED) is 0.332. The Labute approximate surface area is 210 Å². The highest BCUT2D eigenvalue weighted by Gasteiger charge is 2.32. The van der Waals surface area contributed by atoms with Gasteiger partial charge in [-0.15, -0.1) is 0 Å². The minimum Gasteiger partial charge on any atom is -0.497 e. The topological polar surface area (TPSA) is 81.0 Å². The van der Waals surface area contributed by atoms with Gasteiger partial charge in [-0.1, -0.05) is 60.7 Å². The average Bonchev–Trinajstić information content (AvgIpc) is 3.45. The van der Waals surface area contributed by atoms with Gasteiger partial charge in [-0.05, 0) is 47.5 Å². The Kier molecular flexibility index (Phi) is 8.38. The second-order valence-corrected chi connectivity index (χ2v) is 8.08. The number of amides is 2. The Balaban J connectivity index is 1.62. The Bertz CT molecular complexity index is 1230. The molecule has 0 saturated heterocycles. The van der Waals surface area contributed by atoms with Crippen LogP contribution in [0.2, 0.25) is 0 Å². The minimum atomic E-state index is -0.880. The number of hydrogen-bond donors (Lipinski definition) is 1. The molecule has 0 aliphatic carbocycles. The number of carbonyl (C=O) groups is 2. The average molecular weight is 485 g/mol. The number of carbonyl (C=O) groups excluding carboxylic acids is 2. The molecule has 7 nitrogen and oxygen atoms in total. The van der Waals surface area contributed by atoms with E-state index in [1.165, 1.54) is 4.90 Å². The highest BCUT2D eigenvalue weighted by atomic mass is 16.5. The van der Waals surface area contributed by atoms with E-state index in [9.17, 15) is 9.59 Å². The van der Waals surface area contributed by atoms with Gasteiger partial charge in [0.2, 0.25) is 5.91 Å². The molecule has 1 N–H and O–H groups in total. The first kappa shape index (κ1) is 24.6. The maximum Gasteiger partial charge on any atom is 0.261 e. The number of hydrogen-bond acceptors (Lipinski definition) is 5. The Hall–Kier alpha value is -4.52. The summed E-state index contributed by atoms with van der Waals surface area (Å²) >= 11 is 0. The van der Waals surface area contributed by atoms with Gasteiger partial charge in [-0.2, -0.15) is 0 Å². The van der Waals surface area contributed by atoms with Crippen molar-refractivity contribution in [3.63, 3.8) is 0 Å². The predicted octanol–water partition coefficient (Wildman–Crippen LogP) is 4.75. The highest BCUT2D eigenvalue weighted by molar-refractivity contribution is 5.89. The van der Waals surface area contributed by atoms with E-state index in [0.717, 1.165) is 5.56 Å². The van der Waals surface area contributed by atoms with E-state index < -0.39 is 6.04 Å². The number of ether oxygens (including phenoxy) is 2. The van der Waals surface area contributed by atoms with Crippen LogP contribution < -0.4 is 14.8 Å². The van der Waals surface area contributed by atoms with Crippen LogP contribution >= 0.6 is 0 Å². The lowest BCUT2D eigenvalue weighted by Gasteiger charge is -2.31. The van der Waals surface area contributed by atoms with Crippen molar-refractivity contribution < 1.29 is 23.5 Å². The van der Waals surface area contributed by atoms with Crippen molar-refractivity contribution in [1.29, 1.82) is 0 Å². The molecule has 1 aromatic heterocycles. The molecular formula is C29H28N2O5. The van der Waals surface area contributed by atoms with Crippen LogP contribution in [0.4, 0.5) is 0 Å².